The van der Waals surface area contributed by atoms with Gasteiger partial charge in [-0.15, -0.1) is 24.0 Å². The number of likely N-dealkylation sites (tertiary alicyclic amines) is 1. The average molecular weight is 543 g/mol. The fourth-order valence-electron chi connectivity index (χ4n) is 4.11. The van der Waals surface area contributed by atoms with Crippen LogP contribution >= 0.6 is 24.0 Å². The normalized spacial score (nSPS) is 20.2. The number of ether oxygens (including phenoxy) is 1. The quantitative estimate of drug-likeness (QED) is 0.359. The van der Waals surface area contributed by atoms with Gasteiger partial charge in [0.05, 0.1) is 0 Å². The van der Waals surface area contributed by atoms with Gasteiger partial charge >= 0.3 is 6.09 Å². The Kier molecular flexibility index (Phi) is 9.71. The Morgan fingerprint density at radius 1 is 1.10 bits per heavy atom. The second-order valence-electron chi connectivity index (χ2n) is 9.17. The molecule has 0 bridgehead atoms. The van der Waals surface area contributed by atoms with Crippen molar-refractivity contribution in [3.63, 3.8) is 0 Å². The number of guanidine groups is 1. The van der Waals surface area contributed by atoms with Crippen LogP contribution < -0.4 is 10.2 Å². The molecular formula is C23H38IN5O2. The van der Waals surface area contributed by atoms with E-state index >= 15 is 0 Å². The third-order valence-corrected chi connectivity index (χ3v) is 5.63. The van der Waals surface area contributed by atoms with E-state index in [1.807, 2.05) is 32.7 Å². The summed E-state index contributed by atoms with van der Waals surface area (Å²) in [6.07, 6.45) is 1.93. The molecule has 1 N–H and O–H groups in total. The minimum Gasteiger partial charge on any atom is -0.444 e. The number of hydrogen-bond acceptors (Lipinski definition) is 4. The summed E-state index contributed by atoms with van der Waals surface area (Å²) >= 11 is 0. The van der Waals surface area contributed by atoms with Gasteiger partial charge in [0.15, 0.2) is 5.96 Å². The van der Waals surface area contributed by atoms with Gasteiger partial charge in [0, 0.05) is 58.5 Å². The molecule has 0 aliphatic carbocycles. The van der Waals surface area contributed by atoms with Crippen LogP contribution in [-0.2, 0) is 4.74 Å². The summed E-state index contributed by atoms with van der Waals surface area (Å²) in [7, 11) is 1.85. The Balaban J connectivity index is 0.00000341. The molecule has 2 aliphatic rings. The van der Waals surface area contributed by atoms with Crippen LogP contribution in [0.25, 0.3) is 0 Å². The van der Waals surface area contributed by atoms with Crippen molar-refractivity contribution in [1.29, 1.82) is 0 Å². The van der Waals surface area contributed by atoms with E-state index in [1.165, 1.54) is 5.69 Å². The minimum atomic E-state index is -0.452. The molecule has 2 fully saturated rings. The standard InChI is InChI=1S/C23H37N5O2.HI/c1-23(2,3)30-22(29)28-12-8-9-19(18-28)17-25-21(24-4)27-15-13-26(14-16-27)20-10-6-5-7-11-20;/h5-7,10-11,19H,8-9,12-18H2,1-4H3,(H,24,25);1H. The van der Waals surface area contributed by atoms with Gasteiger partial charge in [-0.3, -0.25) is 4.99 Å². The van der Waals surface area contributed by atoms with Crippen LogP contribution in [0.4, 0.5) is 10.5 Å². The molecule has 2 heterocycles. The number of anilines is 1. The molecule has 2 aliphatic heterocycles. The number of aliphatic imine (C=N–C) groups is 1. The average Bonchev–Trinajstić information content (AvgIpc) is 2.74. The number of piperidine rings is 1. The number of benzene rings is 1. The number of nitrogens with zero attached hydrogens (tertiary/aromatic N) is 4. The lowest BCUT2D eigenvalue weighted by Crippen LogP contribution is -2.54. The lowest BCUT2D eigenvalue weighted by Gasteiger charge is -2.38. The molecule has 0 saturated carbocycles. The number of nitrogens with one attached hydrogen (secondary N) is 1. The number of carbonyl (C=O) groups is 1. The number of rotatable bonds is 3. The number of hydrogen-bond donors (Lipinski definition) is 1. The van der Waals surface area contributed by atoms with Gasteiger partial charge in [-0.25, -0.2) is 4.79 Å². The number of para-hydroxylation sites is 1. The molecule has 7 nitrogen and oxygen atoms in total. The first-order chi connectivity index (χ1) is 14.4. The van der Waals surface area contributed by atoms with Crippen LogP contribution in [0.5, 0.6) is 0 Å². The Morgan fingerprint density at radius 2 is 1.77 bits per heavy atom. The van der Waals surface area contributed by atoms with E-state index in [2.05, 4.69) is 50.4 Å². The second kappa shape index (κ2) is 11.8. The van der Waals surface area contributed by atoms with Crippen LogP contribution in [0.3, 0.4) is 0 Å². The first-order valence-corrected chi connectivity index (χ1v) is 11.1. The van der Waals surface area contributed by atoms with Gasteiger partial charge < -0.3 is 24.8 Å². The third kappa shape index (κ3) is 7.73. The summed E-state index contributed by atoms with van der Waals surface area (Å²) in [6.45, 7) is 11.9. The van der Waals surface area contributed by atoms with Crippen LogP contribution in [0.1, 0.15) is 33.6 Å². The van der Waals surface area contributed by atoms with Crippen molar-refractivity contribution in [2.24, 2.45) is 10.9 Å². The van der Waals surface area contributed by atoms with Crippen LogP contribution in [0, 0.1) is 5.92 Å². The predicted octanol–water partition coefficient (Wildman–Crippen LogP) is 3.65. The highest BCUT2D eigenvalue weighted by molar-refractivity contribution is 14.0. The van der Waals surface area contributed by atoms with Crippen molar-refractivity contribution in [1.82, 2.24) is 15.1 Å². The maximum absolute atomic E-state index is 12.4. The van der Waals surface area contributed by atoms with Crippen LogP contribution in [0.2, 0.25) is 0 Å². The van der Waals surface area contributed by atoms with Gasteiger partial charge in [-0.05, 0) is 51.7 Å². The molecule has 1 aromatic carbocycles. The molecular weight excluding hydrogens is 505 g/mol. The highest BCUT2D eigenvalue weighted by Gasteiger charge is 2.28. The zero-order chi connectivity index (χ0) is 21.6. The number of amides is 1. The van der Waals surface area contributed by atoms with Crippen molar-refractivity contribution < 1.29 is 9.53 Å². The molecule has 1 amide bonds. The summed E-state index contributed by atoms with van der Waals surface area (Å²) < 4.78 is 5.54. The maximum atomic E-state index is 12.4. The smallest absolute Gasteiger partial charge is 0.410 e. The Hall–Kier alpha value is -1.71. The molecule has 31 heavy (non-hydrogen) atoms. The lowest BCUT2D eigenvalue weighted by atomic mass is 9.98. The molecule has 0 aromatic heterocycles. The van der Waals surface area contributed by atoms with Gasteiger partial charge in [-0.2, -0.15) is 0 Å². The highest BCUT2D eigenvalue weighted by atomic mass is 127. The van der Waals surface area contributed by atoms with E-state index in [0.717, 1.165) is 64.6 Å². The monoisotopic (exact) mass is 543 g/mol. The molecule has 3 rings (SSSR count). The van der Waals surface area contributed by atoms with E-state index < -0.39 is 5.60 Å². The summed E-state index contributed by atoms with van der Waals surface area (Å²) in [5.74, 6) is 1.37. The summed E-state index contributed by atoms with van der Waals surface area (Å²) in [5.41, 5.74) is 0.830. The van der Waals surface area contributed by atoms with Gasteiger partial charge in [0.1, 0.15) is 5.60 Å². The molecule has 2 saturated heterocycles. The predicted molar refractivity (Wildman–Crippen MR) is 138 cm³/mol. The zero-order valence-corrected chi connectivity index (χ0v) is 21.7. The molecule has 1 aromatic rings. The highest BCUT2D eigenvalue weighted by Crippen LogP contribution is 2.19. The third-order valence-electron chi connectivity index (χ3n) is 5.63. The fraction of sp³-hybridized carbons (Fsp3) is 0.652. The zero-order valence-electron chi connectivity index (χ0n) is 19.3. The number of carbonyl (C=O) groups excluding carboxylic acids is 1. The van der Waals surface area contributed by atoms with Gasteiger partial charge in [-0.1, -0.05) is 18.2 Å². The first-order valence-electron chi connectivity index (χ1n) is 11.1. The van der Waals surface area contributed by atoms with Gasteiger partial charge in [0.2, 0.25) is 0 Å². The van der Waals surface area contributed by atoms with Gasteiger partial charge in [0.25, 0.3) is 0 Å². The lowest BCUT2D eigenvalue weighted by molar-refractivity contribution is 0.0168. The largest absolute Gasteiger partial charge is 0.444 e. The molecule has 0 spiro atoms. The fourth-order valence-corrected chi connectivity index (χ4v) is 4.11. The molecule has 1 atom stereocenters. The molecule has 1 unspecified atom stereocenters. The van der Waals surface area contributed by atoms with Crippen LogP contribution in [-0.4, -0.2) is 80.3 Å². The topological polar surface area (TPSA) is 60.4 Å². The van der Waals surface area contributed by atoms with Crippen molar-refractivity contribution in [2.45, 2.75) is 39.2 Å². The number of piperazine rings is 1. The van der Waals surface area contributed by atoms with Crippen molar-refractivity contribution in [2.75, 3.05) is 57.8 Å². The molecule has 0 radical (unpaired) electrons. The Labute approximate surface area is 204 Å². The first kappa shape index (κ1) is 25.5. The van der Waals surface area contributed by atoms with E-state index in [1.54, 1.807) is 0 Å². The Morgan fingerprint density at radius 3 is 2.39 bits per heavy atom. The van der Waals surface area contributed by atoms with Crippen LogP contribution in [0.15, 0.2) is 35.3 Å². The van der Waals surface area contributed by atoms with E-state index in [4.69, 9.17) is 4.74 Å². The minimum absolute atomic E-state index is 0. The number of halogens is 1. The Bertz CT molecular complexity index is 714. The SMILES string of the molecule is CN=C(NCC1CCCN(C(=O)OC(C)(C)C)C1)N1CCN(c2ccccc2)CC1.I. The maximum Gasteiger partial charge on any atom is 0.410 e. The molecule has 174 valence electrons. The van der Waals surface area contributed by atoms with E-state index in [-0.39, 0.29) is 30.1 Å². The summed E-state index contributed by atoms with van der Waals surface area (Å²) in [5, 5.41) is 3.55. The van der Waals surface area contributed by atoms with Crippen molar-refractivity contribution in [3.8, 4) is 0 Å². The molecule has 8 heteroatoms. The second-order valence-corrected chi connectivity index (χ2v) is 9.17. The van der Waals surface area contributed by atoms with E-state index in [9.17, 15) is 4.79 Å². The van der Waals surface area contributed by atoms with E-state index in [0.29, 0.717) is 5.92 Å². The van der Waals surface area contributed by atoms with Crippen molar-refractivity contribution >= 4 is 41.7 Å². The van der Waals surface area contributed by atoms with Crippen molar-refractivity contribution in [3.05, 3.63) is 30.3 Å². The summed E-state index contributed by atoms with van der Waals surface area (Å²) in [4.78, 5) is 23.5. The summed E-state index contributed by atoms with van der Waals surface area (Å²) in [6, 6.07) is 10.6.